The Bertz CT molecular complexity index is 334. The average Bonchev–Trinajstić information content (AvgIpc) is 2.07. The van der Waals surface area contributed by atoms with Crippen molar-refractivity contribution in [3.63, 3.8) is 0 Å². The van der Waals surface area contributed by atoms with Crippen LogP contribution in [0.15, 0.2) is 5.16 Å². The summed E-state index contributed by atoms with van der Waals surface area (Å²) < 4.78 is 132. The van der Waals surface area contributed by atoms with Crippen molar-refractivity contribution in [3.05, 3.63) is 0 Å². The minimum atomic E-state index is -6.79. The van der Waals surface area contributed by atoms with Gasteiger partial charge >= 0.3 is 24.5 Å². The molecular weight excluding hydrogens is 311 g/mol. The number of halogens is 11. The molecule has 0 radical (unpaired) electrons. The first-order chi connectivity index (χ1) is 8.06. The van der Waals surface area contributed by atoms with Crippen LogP contribution in [0.1, 0.15) is 0 Å². The molecule has 0 saturated carbocycles. The molecule has 0 fully saturated rings. The van der Waals surface area contributed by atoms with Gasteiger partial charge in [-0.1, -0.05) is 5.16 Å². The van der Waals surface area contributed by atoms with Gasteiger partial charge in [-0.2, -0.15) is 48.3 Å². The van der Waals surface area contributed by atoms with Crippen molar-refractivity contribution < 1.29 is 53.5 Å². The van der Waals surface area contributed by atoms with Crippen LogP contribution >= 0.6 is 0 Å². The van der Waals surface area contributed by atoms with Crippen LogP contribution in [0.25, 0.3) is 0 Å². The number of rotatable bonds is 2. The van der Waals surface area contributed by atoms with E-state index < -0.39 is 36.1 Å². The van der Waals surface area contributed by atoms with Crippen molar-refractivity contribution in [2.75, 3.05) is 0 Å². The molecule has 0 aromatic rings. The van der Waals surface area contributed by atoms with E-state index in [1.807, 2.05) is 0 Å². The van der Waals surface area contributed by atoms with Crippen LogP contribution < -0.4 is 0 Å². The summed E-state index contributed by atoms with van der Waals surface area (Å²) >= 11 is 0. The third-order valence-electron chi connectivity index (χ3n) is 1.71. The molecule has 19 heavy (non-hydrogen) atoms. The third-order valence-corrected chi connectivity index (χ3v) is 1.71. The molecule has 114 valence electrons. The van der Waals surface area contributed by atoms with Crippen LogP contribution in [0.2, 0.25) is 0 Å². The largest absolute Gasteiger partial charge is 0.459 e. The van der Waals surface area contributed by atoms with Gasteiger partial charge < -0.3 is 5.21 Å². The average molecular weight is 313 g/mol. The van der Waals surface area contributed by atoms with Crippen LogP contribution in [0.3, 0.4) is 0 Å². The third kappa shape index (κ3) is 3.59. The van der Waals surface area contributed by atoms with Gasteiger partial charge in [-0.15, -0.1) is 0 Å². The Labute approximate surface area is 96.0 Å². The van der Waals surface area contributed by atoms with Gasteiger partial charge in [0.1, 0.15) is 0 Å². The second kappa shape index (κ2) is 4.67. The van der Waals surface area contributed by atoms with Crippen molar-refractivity contribution in [2.24, 2.45) is 11.1 Å². The standard InChI is InChI=1S/C6H2F11NO/c7-3(8,6(15,16)17)2(18-19)1(4(9,10)11)5(12,13)14/h1,19H/b18-2+. The Morgan fingerprint density at radius 2 is 1.05 bits per heavy atom. The smallest absolute Gasteiger partial charge is 0.411 e. The number of alkyl halides is 11. The van der Waals surface area contributed by atoms with Crippen LogP contribution in [-0.2, 0) is 0 Å². The molecule has 0 aliphatic rings. The van der Waals surface area contributed by atoms with E-state index in [1.165, 1.54) is 0 Å². The maximum Gasteiger partial charge on any atom is 0.459 e. The normalized spacial score (nSPS) is 16.1. The molecule has 2 nitrogen and oxygen atoms in total. The van der Waals surface area contributed by atoms with Gasteiger partial charge in [0.25, 0.3) is 0 Å². The van der Waals surface area contributed by atoms with Crippen molar-refractivity contribution in [2.45, 2.75) is 24.5 Å². The van der Waals surface area contributed by atoms with Gasteiger partial charge in [0.05, 0.1) is 0 Å². The fourth-order valence-corrected chi connectivity index (χ4v) is 0.943. The summed E-state index contributed by atoms with van der Waals surface area (Å²) in [6.07, 6.45) is -19.9. The van der Waals surface area contributed by atoms with E-state index in [2.05, 4.69) is 0 Å². The van der Waals surface area contributed by atoms with E-state index in [4.69, 9.17) is 5.21 Å². The molecule has 0 bridgehead atoms. The Morgan fingerprint density at radius 1 is 0.737 bits per heavy atom. The van der Waals surface area contributed by atoms with E-state index in [1.54, 1.807) is 0 Å². The first-order valence-electron chi connectivity index (χ1n) is 3.87. The number of nitrogens with zero attached hydrogens (tertiary/aromatic N) is 1. The molecular formula is C6H2F11NO. The van der Waals surface area contributed by atoms with Crippen molar-refractivity contribution in [3.8, 4) is 0 Å². The molecule has 0 saturated heterocycles. The zero-order chi connectivity index (χ0) is 15.9. The van der Waals surface area contributed by atoms with Gasteiger partial charge in [0.15, 0.2) is 11.6 Å². The molecule has 0 unspecified atom stereocenters. The predicted molar refractivity (Wildman–Crippen MR) is 35.8 cm³/mol. The highest BCUT2D eigenvalue weighted by Crippen LogP contribution is 2.47. The van der Waals surface area contributed by atoms with E-state index >= 15 is 0 Å². The molecule has 0 heterocycles. The van der Waals surface area contributed by atoms with Gasteiger partial charge in [0.2, 0.25) is 0 Å². The summed E-state index contributed by atoms with van der Waals surface area (Å²) in [5.41, 5.74) is -3.79. The lowest BCUT2D eigenvalue weighted by Gasteiger charge is -2.28. The van der Waals surface area contributed by atoms with Crippen LogP contribution in [0.5, 0.6) is 0 Å². The summed E-state index contributed by atoms with van der Waals surface area (Å²) in [5.74, 6) is -11.8. The lowest BCUT2D eigenvalue weighted by molar-refractivity contribution is -0.281. The van der Waals surface area contributed by atoms with E-state index in [9.17, 15) is 48.3 Å². The van der Waals surface area contributed by atoms with Crippen molar-refractivity contribution in [1.29, 1.82) is 0 Å². The zero-order valence-corrected chi connectivity index (χ0v) is 8.13. The maximum atomic E-state index is 12.5. The van der Waals surface area contributed by atoms with Gasteiger partial charge in [-0.25, -0.2) is 0 Å². The molecule has 0 atom stereocenters. The fourth-order valence-electron chi connectivity index (χ4n) is 0.943. The molecule has 0 rings (SSSR count). The summed E-state index contributed by atoms with van der Waals surface area (Å²) in [6.45, 7) is 0. The Hall–Kier alpha value is -1.30. The highest BCUT2D eigenvalue weighted by atomic mass is 19.4. The summed E-state index contributed by atoms with van der Waals surface area (Å²) in [4.78, 5) is 0. The molecule has 13 heteroatoms. The highest BCUT2D eigenvalue weighted by molar-refractivity contribution is 5.94. The maximum absolute atomic E-state index is 12.5. The quantitative estimate of drug-likeness (QED) is 0.358. The lowest BCUT2D eigenvalue weighted by atomic mass is 9.96. The van der Waals surface area contributed by atoms with E-state index in [0.717, 1.165) is 5.16 Å². The van der Waals surface area contributed by atoms with Crippen molar-refractivity contribution >= 4 is 5.71 Å². The molecule has 0 spiro atoms. The van der Waals surface area contributed by atoms with Crippen LogP contribution in [0, 0.1) is 5.92 Å². The number of hydrogen-bond acceptors (Lipinski definition) is 2. The predicted octanol–water partition coefficient (Wildman–Crippen LogP) is 3.75. The highest BCUT2D eigenvalue weighted by Gasteiger charge is 2.72. The van der Waals surface area contributed by atoms with E-state index in [-0.39, 0.29) is 0 Å². The van der Waals surface area contributed by atoms with Crippen LogP contribution in [-0.4, -0.2) is 35.4 Å². The first-order valence-corrected chi connectivity index (χ1v) is 3.87. The topological polar surface area (TPSA) is 32.6 Å². The van der Waals surface area contributed by atoms with Crippen molar-refractivity contribution in [1.82, 2.24) is 0 Å². The fraction of sp³-hybridized carbons (Fsp3) is 0.833. The first kappa shape index (κ1) is 17.7. The molecule has 0 aromatic carbocycles. The van der Waals surface area contributed by atoms with Gasteiger partial charge in [0, 0.05) is 0 Å². The second-order valence-electron chi connectivity index (χ2n) is 3.07. The summed E-state index contributed by atoms with van der Waals surface area (Å²) in [7, 11) is 0. The van der Waals surface area contributed by atoms with Gasteiger partial charge in [-0.3, -0.25) is 0 Å². The minimum absolute atomic E-state index is 0.866. The van der Waals surface area contributed by atoms with E-state index in [0.29, 0.717) is 0 Å². The monoisotopic (exact) mass is 313 g/mol. The molecule has 0 aromatic heterocycles. The Kier molecular flexibility index (Phi) is 4.35. The number of oxime groups is 1. The van der Waals surface area contributed by atoms with Gasteiger partial charge in [-0.05, 0) is 0 Å². The lowest BCUT2D eigenvalue weighted by Crippen LogP contribution is -2.55. The Morgan fingerprint density at radius 3 is 1.21 bits per heavy atom. The second-order valence-corrected chi connectivity index (χ2v) is 3.07. The zero-order valence-electron chi connectivity index (χ0n) is 8.13. The van der Waals surface area contributed by atoms with Crippen LogP contribution in [0.4, 0.5) is 48.3 Å². The SMILES string of the molecule is O/N=C(\C(C(F)(F)F)C(F)(F)F)C(F)(F)C(F)(F)F. The molecule has 1 N–H and O–H groups in total. The molecule has 0 amide bonds. The molecule has 0 aliphatic heterocycles. The molecule has 0 aliphatic carbocycles. The Balaban J connectivity index is 5.96. The summed E-state index contributed by atoms with van der Waals surface area (Å²) in [6, 6.07) is 0. The summed E-state index contributed by atoms with van der Waals surface area (Å²) in [5, 5.41) is 8.60. The minimum Gasteiger partial charge on any atom is -0.411 e. The number of hydrogen-bond donors (Lipinski definition) is 1.